The van der Waals surface area contributed by atoms with Crippen molar-refractivity contribution < 1.29 is 4.79 Å². The second-order valence-corrected chi connectivity index (χ2v) is 5.78. The van der Waals surface area contributed by atoms with Gasteiger partial charge in [-0.3, -0.25) is 9.48 Å². The Morgan fingerprint density at radius 2 is 2.00 bits per heavy atom. The Morgan fingerprint density at radius 3 is 2.59 bits per heavy atom. The quantitative estimate of drug-likeness (QED) is 0.851. The predicted molar refractivity (Wildman–Crippen MR) is 87.5 cm³/mol. The number of nitrogens with zero attached hydrogens (tertiary/aromatic N) is 3. The first-order valence-corrected chi connectivity index (χ1v) is 7.53. The van der Waals surface area contributed by atoms with Crippen LogP contribution in [0.2, 0.25) is 0 Å². The molecule has 22 heavy (non-hydrogen) atoms. The van der Waals surface area contributed by atoms with Gasteiger partial charge in [0, 0.05) is 6.20 Å². The standard InChI is InChI=1S/C17H24N4O/c1-14-9-12-21(19-14)13-17(22)18-16(10-11-20(2)3)15-7-5-4-6-8-15/h4-9,12,16H,10-11,13H2,1-3H3,(H,18,22)/t16-/m0/s1. The lowest BCUT2D eigenvalue weighted by Crippen LogP contribution is -2.33. The summed E-state index contributed by atoms with van der Waals surface area (Å²) >= 11 is 0. The zero-order valence-electron chi connectivity index (χ0n) is 13.5. The Balaban J connectivity index is 2.00. The lowest BCUT2D eigenvalue weighted by molar-refractivity contribution is -0.122. The van der Waals surface area contributed by atoms with Crippen molar-refractivity contribution in [1.29, 1.82) is 0 Å². The lowest BCUT2D eigenvalue weighted by Gasteiger charge is -2.21. The molecule has 0 saturated carbocycles. The number of aryl methyl sites for hydroxylation is 1. The Hall–Kier alpha value is -2.14. The molecule has 0 aliphatic rings. The zero-order chi connectivity index (χ0) is 15.9. The van der Waals surface area contributed by atoms with E-state index in [0.29, 0.717) is 0 Å². The van der Waals surface area contributed by atoms with Gasteiger partial charge >= 0.3 is 0 Å². The summed E-state index contributed by atoms with van der Waals surface area (Å²) in [5, 5.41) is 7.37. The van der Waals surface area contributed by atoms with Crippen LogP contribution in [0.15, 0.2) is 42.6 Å². The van der Waals surface area contributed by atoms with E-state index in [1.807, 2.05) is 51.5 Å². The second-order valence-electron chi connectivity index (χ2n) is 5.78. The molecule has 1 atom stereocenters. The molecule has 2 rings (SSSR count). The Bertz CT molecular complexity index is 592. The smallest absolute Gasteiger partial charge is 0.242 e. The number of aromatic nitrogens is 2. The van der Waals surface area contributed by atoms with Crippen molar-refractivity contribution in [2.45, 2.75) is 25.9 Å². The number of rotatable bonds is 7. The van der Waals surface area contributed by atoms with Crippen molar-refractivity contribution in [2.24, 2.45) is 0 Å². The van der Waals surface area contributed by atoms with Gasteiger partial charge < -0.3 is 10.2 Å². The summed E-state index contributed by atoms with van der Waals surface area (Å²) in [6.45, 7) is 3.08. The average Bonchev–Trinajstić information content (AvgIpc) is 2.89. The number of carbonyl (C=O) groups excluding carboxylic acids is 1. The first-order valence-electron chi connectivity index (χ1n) is 7.53. The third-order valence-electron chi connectivity index (χ3n) is 3.48. The van der Waals surface area contributed by atoms with Gasteiger partial charge in [-0.25, -0.2) is 0 Å². The molecule has 1 N–H and O–H groups in total. The van der Waals surface area contributed by atoms with E-state index < -0.39 is 0 Å². The molecular weight excluding hydrogens is 276 g/mol. The minimum absolute atomic E-state index is 0.0179. The maximum atomic E-state index is 12.3. The molecule has 0 aliphatic heterocycles. The molecule has 2 aromatic rings. The summed E-state index contributed by atoms with van der Waals surface area (Å²) in [6.07, 6.45) is 2.70. The monoisotopic (exact) mass is 300 g/mol. The zero-order valence-corrected chi connectivity index (χ0v) is 13.5. The number of hydrogen-bond donors (Lipinski definition) is 1. The van der Waals surface area contributed by atoms with Gasteiger partial charge in [-0.15, -0.1) is 0 Å². The summed E-state index contributed by atoms with van der Waals surface area (Å²) in [5.74, 6) is -0.0179. The first-order chi connectivity index (χ1) is 10.5. The Labute approximate surface area is 131 Å². The van der Waals surface area contributed by atoms with E-state index in [2.05, 4.69) is 27.4 Å². The first kappa shape index (κ1) is 16.2. The van der Waals surface area contributed by atoms with Crippen LogP contribution in [0.1, 0.15) is 23.7 Å². The number of benzene rings is 1. The molecule has 1 aromatic carbocycles. The van der Waals surface area contributed by atoms with Crippen LogP contribution in [0.5, 0.6) is 0 Å². The number of amides is 1. The van der Waals surface area contributed by atoms with Gasteiger partial charge in [0.1, 0.15) is 6.54 Å². The molecule has 0 saturated heterocycles. The van der Waals surface area contributed by atoms with Crippen molar-refractivity contribution in [3.63, 3.8) is 0 Å². The van der Waals surface area contributed by atoms with Crippen LogP contribution in [0.25, 0.3) is 0 Å². The van der Waals surface area contributed by atoms with E-state index in [9.17, 15) is 4.79 Å². The van der Waals surface area contributed by atoms with Gasteiger partial charge in [0.15, 0.2) is 0 Å². The van der Waals surface area contributed by atoms with Crippen LogP contribution < -0.4 is 5.32 Å². The summed E-state index contributed by atoms with van der Waals surface area (Å²) in [6, 6.07) is 12.0. The molecule has 0 spiro atoms. The summed E-state index contributed by atoms with van der Waals surface area (Å²) in [5.41, 5.74) is 2.05. The van der Waals surface area contributed by atoms with Crippen LogP contribution in [0.3, 0.4) is 0 Å². The van der Waals surface area contributed by atoms with Gasteiger partial charge in [0.05, 0.1) is 11.7 Å². The Kier molecular flexibility index (Phi) is 5.72. The highest BCUT2D eigenvalue weighted by atomic mass is 16.2. The SMILES string of the molecule is Cc1ccn(CC(=O)N[C@@H](CCN(C)C)c2ccccc2)n1. The average molecular weight is 300 g/mol. The minimum Gasteiger partial charge on any atom is -0.348 e. The summed E-state index contributed by atoms with van der Waals surface area (Å²) in [4.78, 5) is 14.4. The molecule has 0 unspecified atom stereocenters. The van der Waals surface area contributed by atoms with Crippen LogP contribution >= 0.6 is 0 Å². The van der Waals surface area contributed by atoms with E-state index in [1.54, 1.807) is 4.68 Å². The third-order valence-corrected chi connectivity index (χ3v) is 3.48. The fourth-order valence-electron chi connectivity index (χ4n) is 2.33. The molecule has 0 radical (unpaired) electrons. The van der Waals surface area contributed by atoms with E-state index in [-0.39, 0.29) is 18.5 Å². The fraction of sp³-hybridized carbons (Fsp3) is 0.412. The molecule has 5 heteroatoms. The predicted octanol–water partition coefficient (Wildman–Crippen LogP) is 2.00. The van der Waals surface area contributed by atoms with Crippen molar-refractivity contribution in [3.8, 4) is 0 Å². The van der Waals surface area contributed by atoms with Gasteiger partial charge in [0.2, 0.25) is 5.91 Å². The molecule has 0 fully saturated rings. The van der Waals surface area contributed by atoms with Gasteiger partial charge in [-0.05, 0) is 45.6 Å². The molecule has 1 amide bonds. The normalized spacial score (nSPS) is 12.4. The lowest BCUT2D eigenvalue weighted by atomic mass is 10.0. The fourth-order valence-corrected chi connectivity index (χ4v) is 2.33. The molecule has 5 nitrogen and oxygen atoms in total. The van der Waals surface area contributed by atoms with Crippen molar-refractivity contribution in [1.82, 2.24) is 20.0 Å². The maximum Gasteiger partial charge on any atom is 0.242 e. The van der Waals surface area contributed by atoms with E-state index in [0.717, 1.165) is 24.2 Å². The molecule has 0 aliphatic carbocycles. The van der Waals surface area contributed by atoms with Crippen molar-refractivity contribution >= 4 is 5.91 Å². The summed E-state index contributed by atoms with van der Waals surface area (Å²) in [7, 11) is 4.08. The number of hydrogen-bond acceptors (Lipinski definition) is 3. The largest absolute Gasteiger partial charge is 0.348 e. The maximum absolute atomic E-state index is 12.3. The molecule has 1 heterocycles. The van der Waals surface area contributed by atoms with Crippen LogP contribution in [-0.2, 0) is 11.3 Å². The van der Waals surface area contributed by atoms with Crippen LogP contribution in [0, 0.1) is 6.92 Å². The van der Waals surface area contributed by atoms with Crippen LogP contribution in [-0.4, -0.2) is 41.2 Å². The minimum atomic E-state index is -0.0179. The highest BCUT2D eigenvalue weighted by Gasteiger charge is 2.15. The second kappa shape index (κ2) is 7.75. The van der Waals surface area contributed by atoms with Gasteiger partial charge in [0.25, 0.3) is 0 Å². The molecular formula is C17H24N4O. The van der Waals surface area contributed by atoms with Crippen molar-refractivity contribution in [2.75, 3.05) is 20.6 Å². The highest BCUT2D eigenvalue weighted by molar-refractivity contribution is 5.76. The van der Waals surface area contributed by atoms with E-state index >= 15 is 0 Å². The van der Waals surface area contributed by atoms with Gasteiger partial charge in [-0.1, -0.05) is 30.3 Å². The molecule has 1 aromatic heterocycles. The van der Waals surface area contributed by atoms with Crippen LogP contribution in [0.4, 0.5) is 0 Å². The third kappa shape index (κ3) is 5.00. The van der Waals surface area contributed by atoms with E-state index in [1.165, 1.54) is 0 Å². The topological polar surface area (TPSA) is 50.2 Å². The molecule has 118 valence electrons. The highest BCUT2D eigenvalue weighted by Crippen LogP contribution is 2.16. The van der Waals surface area contributed by atoms with Gasteiger partial charge in [-0.2, -0.15) is 5.10 Å². The summed E-state index contributed by atoms with van der Waals surface area (Å²) < 4.78 is 1.67. The van der Waals surface area contributed by atoms with E-state index in [4.69, 9.17) is 0 Å². The van der Waals surface area contributed by atoms with Crippen molar-refractivity contribution in [3.05, 3.63) is 53.9 Å². The molecule has 0 bridgehead atoms. The number of carbonyl (C=O) groups is 1. The Morgan fingerprint density at radius 1 is 1.27 bits per heavy atom. The number of nitrogens with one attached hydrogen (secondary N) is 1.